The lowest BCUT2D eigenvalue weighted by Crippen LogP contribution is -2.47. The number of nitrogens with zero attached hydrogens (tertiary/aromatic N) is 3. The first kappa shape index (κ1) is 24.8. The van der Waals surface area contributed by atoms with Crippen molar-refractivity contribution < 1.29 is 19.7 Å². The maximum Gasteiger partial charge on any atom is 0.343 e. The summed E-state index contributed by atoms with van der Waals surface area (Å²) in [5.74, 6) is -0.773. The Morgan fingerprint density at radius 3 is 2.64 bits per heavy atom. The summed E-state index contributed by atoms with van der Waals surface area (Å²) in [5.41, 5.74) is 1.87. The number of fused-ring (bicyclic) bond motifs is 5. The summed E-state index contributed by atoms with van der Waals surface area (Å²) in [4.78, 5) is 33.4. The molecule has 8 nitrogen and oxygen atoms in total. The summed E-state index contributed by atoms with van der Waals surface area (Å²) in [6, 6.07) is 9.95. The van der Waals surface area contributed by atoms with Gasteiger partial charge in [0.2, 0.25) is 0 Å². The molecule has 0 spiro atoms. The molecule has 2 aromatic heterocycles. The molecule has 9 heteroatoms. The van der Waals surface area contributed by atoms with Gasteiger partial charge >= 0.3 is 5.97 Å². The van der Waals surface area contributed by atoms with Gasteiger partial charge in [-0.15, -0.1) is 0 Å². The van der Waals surface area contributed by atoms with E-state index in [0.717, 1.165) is 35.0 Å². The van der Waals surface area contributed by atoms with Gasteiger partial charge in [0.25, 0.3) is 5.56 Å². The quantitative estimate of drug-likeness (QED) is 0.293. The monoisotopic (exact) mass is 504 g/mol. The van der Waals surface area contributed by atoms with Gasteiger partial charge in [-0.1, -0.05) is 25.1 Å². The molecule has 3 radical (unpaired) electrons. The molecule has 0 amide bonds. The van der Waals surface area contributed by atoms with Crippen LogP contribution in [0.15, 0.2) is 35.1 Å². The van der Waals surface area contributed by atoms with E-state index in [1.807, 2.05) is 18.2 Å². The Hall–Kier alpha value is -2.85. The van der Waals surface area contributed by atoms with E-state index in [0.29, 0.717) is 30.0 Å². The number of cyclic esters (lactones) is 1. The molecule has 2 N–H and O–H groups in total. The van der Waals surface area contributed by atoms with Crippen molar-refractivity contribution in [1.82, 2.24) is 14.5 Å². The zero-order valence-corrected chi connectivity index (χ0v) is 21.7. The van der Waals surface area contributed by atoms with Gasteiger partial charge in [-0.25, -0.2) is 9.78 Å². The molecule has 2 aliphatic rings. The SMILES string of the molecule is CC(C)N(CCO)CCc1c2c(nc3ccccc13)-c1cc3c(c(=O)n1C2)COC(=O)[C@]3(O)[C@@H](C)[Si]. The molecule has 4 heterocycles. The van der Waals surface area contributed by atoms with E-state index in [1.54, 1.807) is 17.6 Å². The summed E-state index contributed by atoms with van der Waals surface area (Å²) in [5, 5.41) is 21.9. The minimum atomic E-state index is -1.97. The normalized spacial score (nSPS) is 19.4. The second kappa shape index (κ2) is 9.22. The predicted molar refractivity (Wildman–Crippen MR) is 137 cm³/mol. The highest BCUT2D eigenvalue weighted by molar-refractivity contribution is 6.15. The number of hydrogen-bond donors (Lipinski definition) is 2. The van der Waals surface area contributed by atoms with Gasteiger partial charge in [0.05, 0.1) is 35.6 Å². The second-order valence-corrected chi connectivity index (χ2v) is 10.8. The first-order valence-electron chi connectivity index (χ1n) is 12.3. The fourth-order valence-electron chi connectivity index (χ4n) is 5.45. The average molecular weight is 505 g/mol. The Morgan fingerprint density at radius 2 is 1.94 bits per heavy atom. The first-order chi connectivity index (χ1) is 17.2. The molecule has 36 heavy (non-hydrogen) atoms. The minimum absolute atomic E-state index is 0.0926. The molecule has 2 aliphatic heterocycles. The van der Waals surface area contributed by atoms with Crippen LogP contribution in [-0.2, 0) is 34.7 Å². The highest BCUT2D eigenvalue weighted by atomic mass is 28.1. The molecule has 3 aromatic rings. The van der Waals surface area contributed by atoms with E-state index in [-0.39, 0.29) is 30.4 Å². The zero-order chi connectivity index (χ0) is 25.8. The van der Waals surface area contributed by atoms with E-state index >= 15 is 0 Å². The molecular formula is C27H30N3O5Si. The van der Waals surface area contributed by atoms with Crippen molar-refractivity contribution in [3.8, 4) is 11.4 Å². The Labute approximate surface area is 213 Å². The number of hydrogen-bond acceptors (Lipinski definition) is 7. The molecule has 187 valence electrons. The second-order valence-electron chi connectivity index (χ2n) is 9.92. The summed E-state index contributed by atoms with van der Waals surface area (Å²) >= 11 is 0. The van der Waals surface area contributed by atoms with E-state index in [4.69, 9.17) is 9.72 Å². The summed E-state index contributed by atoms with van der Waals surface area (Å²) in [6.07, 6.45) is 0.732. The number of para-hydroxylation sites is 1. The Balaban J connectivity index is 1.69. The Morgan fingerprint density at radius 1 is 1.19 bits per heavy atom. The van der Waals surface area contributed by atoms with Gasteiger partial charge in [0.1, 0.15) is 6.61 Å². The van der Waals surface area contributed by atoms with Crippen molar-refractivity contribution in [1.29, 1.82) is 0 Å². The number of esters is 1. The summed E-state index contributed by atoms with van der Waals surface area (Å²) in [6.45, 7) is 7.51. The van der Waals surface area contributed by atoms with Crippen molar-refractivity contribution in [2.45, 2.75) is 57.5 Å². The number of aliphatic hydroxyl groups is 2. The number of ether oxygens (including phenoxy) is 1. The molecule has 5 rings (SSSR count). The lowest BCUT2D eigenvalue weighted by atomic mass is 9.85. The molecule has 0 aliphatic carbocycles. The molecule has 0 saturated carbocycles. The Kier molecular flexibility index (Phi) is 6.36. The molecule has 1 aromatic carbocycles. The van der Waals surface area contributed by atoms with Gasteiger partial charge < -0.3 is 19.5 Å². The minimum Gasteiger partial charge on any atom is -0.458 e. The van der Waals surface area contributed by atoms with Crippen molar-refractivity contribution in [3.63, 3.8) is 0 Å². The lowest BCUT2D eigenvalue weighted by molar-refractivity contribution is -0.172. The molecular weight excluding hydrogens is 474 g/mol. The average Bonchev–Trinajstić information content (AvgIpc) is 3.22. The molecule has 0 bridgehead atoms. The zero-order valence-electron chi connectivity index (χ0n) is 20.7. The third-order valence-corrected chi connectivity index (χ3v) is 7.95. The van der Waals surface area contributed by atoms with Gasteiger partial charge in [-0.05, 0) is 43.5 Å². The fraction of sp³-hybridized carbons (Fsp3) is 0.444. The maximum absolute atomic E-state index is 13.6. The van der Waals surface area contributed by atoms with Crippen molar-refractivity contribution in [3.05, 3.63) is 62.9 Å². The number of carbonyl (C=O) groups excluding carboxylic acids is 1. The van der Waals surface area contributed by atoms with Crippen LogP contribution in [0.1, 0.15) is 43.0 Å². The van der Waals surface area contributed by atoms with Crippen LogP contribution in [0.25, 0.3) is 22.3 Å². The number of carbonyl (C=O) groups is 1. The van der Waals surface area contributed by atoms with Crippen molar-refractivity contribution in [2.24, 2.45) is 0 Å². The van der Waals surface area contributed by atoms with Crippen LogP contribution in [0.5, 0.6) is 0 Å². The topological polar surface area (TPSA) is 105 Å². The molecule has 0 fully saturated rings. The fourth-order valence-corrected chi connectivity index (χ4v) is 5.72. The smallest absolute Gasteiger partial charge is 0.343 e. The van der Waals surface area contributed by atoms with Gasteiger partial charge in [0.15, 0.2) is 5.60 Å². The molecule has 0 unspecified atom stereocenters. The van der Waals surface area contributed by atoms with Crippen molar-refractivity contribution in [2.75, 3.05) is 19.7 Å². The Bertz CT molecular complexity index is 1420. The third kappa shape index (κ3) is 3.73. The largest absolute Gasteiger partial charge is 0.458 e. The van der Waals surface area contributed by atoms with E-state index in [9.17, 15) is 19.8 Å². The number of aliphatic hydroxyl groups excluding tert-OH is 1. The molecule has 0 saturated heterocycles. The van der Waals surface area contributed by atoms with Crippen LogP contribution in [0.4, 0.5) is 0 Å². The lowest BCUT2D eigenvalue weighted by Gasteiger charge is -2.35. The number of pyridine rings is 2. The van der Waals surface area contributed by atoms with Crippen LogP contribution in [0, 0.1) is 0 Å². The first-order valence-corrected chi connectivity index (χ1v) is 12.9. The predicted octanol–water partition coefficient (Wildman–Crippen LogP) is 1.89. The number of aromatic nitrogens is 2. The number of benzene rings is 1. The highest BCUT2D eigenvalue weighted by Gasteiger charge is 2.49. The third-order valence-electron chi connectivity index (χ3n) is 7.53. The molecule has 2 atom stereocenters. The van der Waals surface area contributed by atoms with Crippen LogP contribution >= 0.6 is 0 Å². The van der Waals surface area contributed by atoms with Crippen LogP contribution in [-0.4, -0.2) is 66.6 Å². The number of rotatable bonds is 7. The van der Waals surface area contributed by atoms with Gasteiger partial charge in [-0.3, -0.25) is 9.69 Å². The van der Waals surface area contributed by atoms with Crippen LogP contribution in [0.3, 0.4) is 0 Å². The van der Waals surface area contributed by atoms with Gasteiger partial charge in [-0.2, -0.15) is 0 Å². The van der Waals surface area contributed by atoms with Crippen LogP contribution < -0.4 is 5.56 Å². The highest BCUT2D eigenvalue weighted by Crippen LogP contribution is 2.42. The van der Waals surface area contributed by atoms with Crippen LogP contribution in [0.2, 0.25) is 5.54 Å². The van der Waals surface area contributed by atoms with E-state index in [1.165, 1.54) is 0 Å². The van der Waals surface area contributed by atoms with Gasteiger partial charge in [0, 0.05) is 45.9 Å². The van der Waals surface area contributed by atoms with Crippen molar-refractivity contribution >= 4 is 27.1 Å². The van der Waals surface area contributed by atoms with E-state index in [2.05, 4.69) is 35.1 Å². The van der Waals surface area contributed by atoms with E-state index < -0.39 is 17.1 Å². The summed E-state index contributed by atoms with van der Waals surface area (Å²) in [7, 11) is 3.40. The maximum atomic E-state index is 13.6. The standard InChI is InChI=1S/C27H30N3O5Si/c1-15(2)29(10-11-31)9-8-17-18-6-4-5-7-22(18)28-24-19(17)13-30-23(24)12-21-20(25(30)32)14-35-26(33)27(21,34)16(3)36/h4-7,12,15-16,31,34H,8-11,13-14H2,1-3H3/t16-,27+/m1/s1. The summed E-state index contributed by atoms with van der Waals surface area (Å²) < 4.78 is 6.89.